The van der Waals surface area contributed by atoms with E-state index in [9.17, 15) is 15.1 Å². The largest absolute Gasteiger partial charge is 0.411 e. The van der Waals surface area contributed by atoms with Crippen LogP contribution in [0.4, 0.5) is 0 Å². The highest BCUT2D eigenvalue weighted by Crippen LogP contribution is 2.68. The highest BCUT2D eigenvalue weighted by atomic mass is 16.4. The van der Waals surface area contributed by atoms with E-state index < -0.39 is 5.60 Å². The van der Waals surface area contributed by atoms with Crippen LogP contribution in [0.5, 0.6) is 0 Å². The van der Waals surface area contributed by atoms with Crippen LogP contribution in [0.3, 0.4) is 0 Å². The van der Waals surface area contributed by atoms with Crippen LogP contribution in [0.25, 0.3) is 0 Å². The van der Waals surface area contributed by atoms with Crippen LogP contribution < -0.4 is 0 Å². The zero-order valence-corrected chi connectivity index (χ0v) is 22.1. The first-order valence-corrected chi connectivity index (χ1v) is 14.0. The third kappa shape index (κ3) is 3.81. The summed E-state index contributed by atoms with van der Waals surface area (Å²) in [5.74, 6) is 4.74. The summed E-state index contributed by atoms with van der Waals surface area (Å²) in [6.45, 7) is 14.3. The van der Waals surface area contributed by atoms with E-state index in [4.69, 9.17) is 0 Å². The predicted molar refractivity (Wildman–Crippen MR) is 133 cm³/mol. The number of oxime groups is 1. The Morgan fingerprint density at radius 1 is 1.06 bits per heavy atom. The first-order valence-electron chi connectivity index (χ1n) is 14.0. The van der Waals surface area contributed by atoms with Gasteiger partial charge in [0.05, 0.1) is 5.71 Å². The molecule has 4 fully saturated rings. The Balaban J connectivity index is 1.55. The molecular weight excluding hydrogens is 410 g/mol. The Bertz CT molecular complexity index is 777. The molecule has 4 rings (SSSR count). The maximum absolute atomic E-state index is 12.3. The smallest absolute Gasteiger partial charge is 0.136 e. The normalized spacial score (nSPS) is 46.1. The first kappa shape index (κ1) is 25.2. The first-order chi connectivity index (χ1) is 15.5. The molecule has 0 bridgehead atoms. The SMILES string of the molecule is CC[C@H](CC[C@@H](C)[C@H]1CC[C@H]2[C@@H]3C/C(=N/O)[C@]4(O)CC(=O)CC[C@]4(C)[C@H]3CC[C@]12C)C(C)C. The van der Waals surface area contributed by atoms with Gasteiger partial charge in [0.1, 0.15) is 11.4 Å². The van der Waals surface area contributed by atoms with Crippen molar-refractivity contribution in [1.29, 1.82) is 0 Å². The molecule has 0 aliphatic heterocycles. The average molecular weight is 460 g/mol. The Morgan fingerprint density at radius 2 is 1.79 bits per heavy atom. The minimum Gasteiger partial charge on any atom is -0.411 e. The van der Waals surface area contributed by atoms with E-state index in [0.29, 0.717) is 41.7 Å². The molecule has 4 nitrogen and oxygen atoms in total. The lowest BCUT2D eigenvalue weighted by molar-refractivity contribution is -0.163. The molecule has 0 heterocycles. The number of hydrogen-bond acceptors (Lipinski definition) is 4. The second-order valence-corrected chi connectivity index (χ2v) is 13.3. The third-order valence-corrected chi connectivity index (χ3v) is 11.8. The summed E-state index contributed by atoms with van der Waals surface area (Å²) in [5, 5.41) is 25.3. The molecule has 0 spiro atoms. The van der Waals surface area contributed by atoms with Crippen LogP contribution in [-0.2, 0) is 4.79 Å². The fraction of sp³-hybridized carbons (Fsp3) is 0.931. The van der Waals surface area contributed by atoms with Crippen molar-refractivity contribution in [2.75, 3.05) is 0 Å². The maximum Gasteiger partial charge on any atom is 0.136 e. The zero-order chi connectivity index (χ0) is 24.2. The van der Waals surface area contributed by atoms with Gasteiger partial charge in [-0.1, -0.05) is 59.5 Å². The minimum absolute atomic E-state index is 0.108. The number of Topliss-reactive ketones (excluding diaryl/α,β-unsaturated/α-hetero) is 1. The van der Waals surface area contributed by atoms with Crippen molar-refractivity contribution in [2.24, 2.45) is 57.4 Å². The molecule has 0 amide bonds. The average Bonchev–Trinajstić information content (AvgIpc) is 3.11. The molecule has 0 unspecified atom stereocenters. The van der Waals surface area contributed by atoms with Gasteiger partial charge < -0.3 is 10.3 Å². The molecule has 0 saturated heterocycles. The van der Waals surface area contributed by atoms with Crippen molar-refractivity contribution in [1.82, 2.24) is 0 Å². The van der Waals surface area contributed by atoms with Crippen molar-refractivity contribution in [2.45, 2.75) is 118 Å². The Labute approximate surface area is 202 Å². The summed E-state index contributed by atoms with van der Waals surface area (Å²) in [4.78, 5) is 12.3. The number of rotatable bonds is 6. The summed E-state index contributed by atoms with van der Waals surface area (Å²) in [6, 6.07) is 0. The molecule has 4 saturated carbocycles. The second-order valence-electron chi connectivity index (χ2n) is 13.3. The van der Waals surface area contributed by atoms with Gasteiger partial charge in [0, 0.05) is 18.3 Å². The summed E-state index contributed by atoms with van der Waals surface area (Å²) in [6.07, 6.45) is 11.0. The molecule has 188 valence electrons. The van der Waals surface area contributed by atoms with E-state index >= 15 is 0 Å². The van der Waals surface area contributed by atoms with Gasteiger partial charge in [-0.3, -0.25) is 4.79 Å². The number of aliphatic hydroxyl groups is 1. The van der Waals surface area contributed by atoms with Crippen LogP contribution >= 0.6 is 0 Å². The van der Waals surface area contributed by atoms with Crippen molar-refractivity contribution in [3.63, 3.8) is 0 Å². The summed E-state index contributed by atoms with van der Waals surface area (Å²) >= 11 is 0. The van der Waals surface area contributed by atoms with Gasteiger partial charge in [0.25, 0.3) is 0 Å². The van der Waals surface area contributed by atoms with Gasteiger partial charge in [-0.25, -0.2) is 0 Å². The number of nitrogens with zero attached hydrogens (tertiary/aromatic N) is 1. The molecule has 4 heteroatoms. The minimum atomic E-state index is -1.26. The Hall–Kier alpha value is -0.900. The predicted octanol–water partition coefficient (Wildman–Crippen LogP) is 6.87. The number of hydrogen-bond donors (Lipinski definition) is 2. The van der Waals surface area contributed by atoms with Crippen molar-refractivity contribution >= 4 is 11.5 Å². The molecular formula is C29H49NO3. The van der Waals surface area contributed by atoms with Crippen LogP contribution in [-0.4, -0.2) is 27.4 Å². The van der Waals surface area contributed by atoms with Gasteiger partial charge in [0.15, 0.2) is 0 Å². The van der Waals surface area contributed by atoms with Crippen LogP contribution in [0.2, 0.25) is 0 Å². The fourth-order valence-electron chi connectivity index (χ4n) is 9.65. The van der Waals surface area contributed by atoms with E-state index in [0.717, 1.165) is 36.5 Å². The second kappa shape index (κ2) is 8.95. The van der Waals surface area contributed by atoms with Gasteiger partial charge in [-0.2, -0.15) is 0 Å². The van der Waals surface area contributed by atoms with Crippen molar-refractivity contribution in [3.8, 4) is 0 Å². The Morgan fingerprint density at radius 3 is 2.42 bits per heavy atom. The van der Waals surface area contributed by atoms with E-state index in [1.807, 2.05) is 0 Å². The molecule has 4 aliphatic rings. The van der Waals surface area contributed by atoms with E-state index in [2.05, 4.69) is 46.7 Å². The standard InChI is InChI=1S/C29H49NO3/c1-7-20(18(2)3)9-8-19(4)23-10-11-24-22-16-26(30-33)29(32)17-21(31)12-15-28(29,6)25(22)13-14-27(23,24)5/h18-20,22-25,32-33H,7-17H2,1-6H3/b30-26-/t19-,20-,22+,23-,24+,25+,27-,28-,29-/m1/s1. The third-order valence-electron chi connectivity index (χ3n) is 11.8. The van der Waals surface area contributed by atoms with Gasteiger partial charge in [-0.15, -0.1) is 0 Å². The van der Waals surface area contributed by atoms with Crippen LogP contribution in [0.1, 0.15) is 112 Å². The van der Waals surface area contributed by atoms with E-state index in [1.54, 1.807) is 0 Å². The summed E-state index contributed by atoms with van der Waals surface area (Å²) in [5.41, 5.74) is -0.787. The zero-order valence-electron chi connectivity index (χ0n) is 22.1. The lowest BCUT2D eigenvalue weighted by Gasteiger charge is -2.63. The summed E-state index contributed by atoms with van der Waals surface area (Å²) in [7, 11) is 0. The van der Waals surface area contributed by atoms with Gasteiger partial charge in [0.2, 0.25) is 0 Å². The lowest BCUT2D eigenvalue weighted by atomic mass is 9.42. The van der Waals surface area contributed by atoms with Gasteiger partial charge >= 0.3 is 0 Å². The van der Waals surface area contributed by atoms with E-state index in [-0.39, 0.29) is 17.6 Å². The van der Waals surface area contributed by atoms with E-state index in [1.165, 1.54) is 38.5 Å². The molecule has 2 N–H and O–H groups in total. The number of carbonyl (C=O) groups excluding carboxylic acids is 1. The highest BCUT2D eigenvalue weighted by Gasteiger charge is 2.67. The highest BCUT2D eigenvalue weighted by molar-refractivity contribution is 5.99. The van der Waals surface area contributed by atoms with Crippen molar-refractivity contribution in [3.05, 3.63) is 0 Å². The molecule has 0 aromatic carbocycles. The summed E-state index contributed by atoms with van der Waals surface area (Å²) < 4.78 is 0. The molecule has 33 heavy (non-hydrogen) atoms. The fourth-order valence-corrected chi connectivity index (χ4v) is 9.65. The monoisotopic (exact) mass is 459 g/mol. The number of fused-ring (bicyclic) bond motifs is 5. The molecule has 9 atom stereocenters. The molecule has 0 aromatic rings. The molecule has 0 radical (unpaired) electrons. The van der Waals surface area contributed by atoms with Gasteiger partial charge in [-0.05, 0) is 91.8 Å². The topological polar surface area (TPSA) is 69.9 Å². The van der Waals surface area contributed by atoms with Crippen LogP contribution in [0, 0.1) is 52.3 Å². The quantitative estimate of drug-likeness (QED) is 0.336. The molecule has 0 aromatic heterocycles. The number of carbonyl (C=O) groups is 1. The maximum atomic E-state index is 12.3. The number of ketones is 1. The van der Waals surface area contributed by atoms with Crippen LogP contribution in [0.15, 0.2) is 5.16 Å². The lowest BCUT2D eigenvalue weighted by Crippen LogP contribution is -2.66. The molecule has 4 aliphatic carbocycles. The Kier molecular flexibility index (Phi) is 6.84. The van der Waals surface area contributed by atoms with Crippen molar-refractivity contribution < 1.29 is 15.1 Å².